The Morgan fingerprint density at radius 1 is 1.21 bits per heavy atom. The zero-order valence-electron chi connectivity index (χ0n) is 16.4. The number of likely N-dealkylation sites (tertiary alicyclic amines) is 1. The van der Waals surface area contributed by atoms with Crippen molar-refractivity contribution in [3.05, 3.63) is 45.1 Å². The van der Waals surface area contributed by atoms with E-state index >= 15 is 0 Å². The van der Waals surface area contributed by atoms with Gasteiger partial charge in [0.15, 0.2) is 5.82 Å². The van der Waals surface area contributed by atoms with Crippen molar-refractivity contribution in [2.45, 2.75) is 51.4 Å². The smallest absolute Gasteiger partial charge is 0.349 e. The Bertz CT molecular complexity index is 905. The highest BCUT2D eigenvalue weighted by molar-refractivity contribution is 5.95. The van der Waals surface area contributed by atoms with Gasteiger partial charge in [0.05, 0.1) is 0 Å². The second-order valence-corrected chi connectivity index (χ2v) is 7.78. The second-order valence-electron chi connectivity index (χ2n) is 7.78. The first-order chi connectivity index (χ1) is 13.5. The lowest BCUT2D eigenvalue weighted by atomic mass is 9.94. The summed E-state index contributed by atoms with van der Waals surface area (Å²) >= 11 is 0. The van der Waals surface area contributed by atoms with Gasteiger partial charge < -0.3 is 19.2 Å². The molecule has 4 heterocycles. The number of aromatic nitrogens is 2. The van der Waals surface area contributed by atoms with Crippen LogP contribution < -0.4 is 10.9 Å². The maximum Gasteiger partial charge on any atom is 0.349 e. The molecule has 4 rings (SSSR count). The van der Waals surface area contributed by atoms with Gasteiger partial charge in [0.25, 0.3) is 5.91 Å². The molecule has 2 aliphatic heterocycles. The average molecular weight is 386 g/mol. The number of aryl methyl sites for hydroxylation is 2. The Morgan fingerprint density at radius 3 is 2.61 bits per heavy atom. The lowest BCUT2D eigenvalue weighted by Gasteiger charge is -2.30. The molecular weight excluding hydrogens is 360 g/mol. The molecule has 150 valence electrons. The van der Waals surface area contributed by atoms with E-state index in [1.54, 1.807) is 11.8 Å². The summed E-state index contributed by atoms with van der Waals surface area (Å²) in [5.74, 6) is 2.05. The van der Waals surface area contributed by atoms with Crippen molar-refractivity contribution in [2.24, 2.45) is 0 Å². The number of amides is 1. The maximum absolute atomic E-state index is 13.0. The van der Waals surface area contributed by atoms with Gasteiger partial charge in [-0.1, -0.05) is 5.16 Å². The van der Waals surface area contributed by atoms with Crippen LogP contribution in [0.3, 0.4) is 0 Å². The van der Waals surface area contributed by atoms with E-state index < -0.39 is 5.63 Å². The molecule has 0 spiro atoms. The third kappa shape index (κ3) is 3.73. The number of piperidine rings is 2. The number of carbonyl (C=O) groups is 1. The van der Waals surface area contributed by atoms with E-state index in [4.69, 9.17) is 8.94 Å². The molecular formula is C20H26N4O4. The summed E-state index contributed by atoms with van der Waals surface area (Å²) in [5, 5.41) is 7.32. The molecule has 1 N–H and O–H groups in total. The normalized spacial score (nSPS) is 21.1. The van der Waals surface area contributed by atoms with Gasteiger partial charge in [0.2, 0.25) is 5.89 Å². The Morgan fingerprint density at radius 2 is 2.00 bits per heavy atom. The number of nitrogens with one attached hydrogen (secondary N) is 1. The summed E-state index contributed by atoms with van der Waals surface area (Å²) in [6.07, 6.45) is 3.55. The van der Waals surface area contributed by atoms with Gasteiger partial charge >= 0.3 is 5.63 Å². The SMILES string of the molecule is Cc1nc(C2CCN(C(=O)c3c(C)cc(C4CCCNC4)oc3=O)CC2)no1. The Kier molecular flexibility index (Phi) is 5.30. The summed E-state index contributed by atoms with van der Waals surface area (Å²) < 4.78 is 10.6. The Labute approximate surface area is 163 Å². The van der Waals surface area contributed by atoms with Gasteiger partial charge in [0, 0.05) is 38.4 Å². The lowest BCUT2D eigenvalue weighted by molar-refractivity contribution is 0.0704. The van der Waals surface area contributed by atoms with E-state index in [9.17, 15) is 9.59 Å². The fraction of sp³-hybridized carbons (Fsp3) is 0.600. The van der Waals surface area contributed by atoms with Gasteiger partial charge in [-0.25, -0.2) is 4.79 Å². The van der Waals surface area contributed by atoms with Crippen molar-refractivity contribution >= 4 is 5.91 Å². The summed E-state index contributed by atoms with van der Waals surface area (Å²) in [4.78, 5) is 31.6. The van der Waals surface area contributed by atoms with Gasteiger partial charge in [-0.3, -0.25) is 4.79 Å². The molecule has 28 heavy (non-hydrogen) atoms. The van der Waals surface area contributed by atoms with E-state index in [0.717, 1.165) is 38.8 Å². The van der Waals surface area contributed by atoms with E-state index in [2.05, 4.69) is 15.5 Å². The monoisotopic (exact) mass is 386 g/mol. The predicted octanol–water partition coefficient (Wildman–Crippen LogP) is 2.13. The van der Waals surface area contributed by atoms with Crippen molar-refractivity contribution in [1.29, 1.82) is 0 Å². The van der Waals surface area contributed by atoms with Crippen LogP contribution in [0.2, 0.25) is 0 Å². The molecule has 1 unspecified atom stereocenters. The lowest BCUT2D eigenvalue weighted by Crippen LogP contribution is -2.40. The minimum absolute atomic E-state index is 0.154. The molecule has 1 amide bonds. The summed E-state index contributed by atoms with van der Waals surface area (Å²) in [5.41, 5.74) is 0.320. The summed E-state index contributed by atoms with van der Waals surface area (Å²) in [7, 11) is 0. The average Bonchev–Trinajstić information content (AvgIpc) is 3.14. The first-order valence-corrected chi connectivity index (χ1v) is 9.97. The quantitative estimate of drug-likeness (QED) is 0.862. The molecule has 2 aliphatic rings. The third-order valence-electron chi connectivity index (χ3n) is 5.77. The molecule has 2 aromatic rings. The van der Waals surface area contributed by atoms with Gasteiger partial charge in [-0.2, -0.15) is 4.98 Å². The fourth-order valence-corrected chi connectivity index (χ4v) is 4.17. The third-order valence-corrected chi connectivity index (χ3v) is 5.77. The zero-order valence-corrected chi connectivity index (χ0v) is 16.4. The van der Waals surface area contributed by atoms with E-state index in [-0.39, 0.29) is 23.3 Å². The molecule has 0 aliphatic carbocycles. The Balaban J connectivity index is 1.47. The molecule has 0 bridgehead atoms. The van der Waals surface area contributed by atoms with E-state index in [1.165, 1.54) is 0 Å². The molecule has 8 nitrogen and oxygen atoms in total. The van der Waals surface area contributed by atoms with Crippen LogP contribution in [0.25, 0.3) is 0 Å². The molecule has 0 aromatic carbocycles. The van der Waals surface area contributed by atoms with Gasteiger partial charge in [0.1, 0.15) is 11.3 Å². The predicted molar refractivity (Wildman–Crippen MR) is 101 cm³/mol. The maximum atomic E-state index is 13.0. The van der Waals surface area contributed by atoms with Crippen LogP contribution in [0.15, 0.2) is 19.8 Å². The summed E-state index contributed by atoms with van der Waals surface area (Å²) in [6, 6.07) is 1.86. The van der Waals surface area contributed by atoms with Crippen LogP contribution in [0.4, 0.5) is 0 Å². The topological polar surface area (TPSA) is 101 Å². The first kappa shape index (κ1) is 18.9. The number of rotatable bonds is 3. The number of carbonyl (C=O) groups excluding carboxylic acids is 1. The number of hydrogen-bond donors (Lipinski definition) is 1. The number of hydrogen-bond acceptors (Lipinski definition) is 7. The molecule has 2 saturated heterocycles. The minimum atomic E-state index is -0.526. The molecule has 0 saturated carbocycles. The second kappa shape index (κ2) is 7.87. The van der Waals surface area contributed by atoms with Crippen LogP contribution in [-0.2, 0) is 0 Å². The van der Waals surface area contributed by atoms with Crippen molar-refractivity contribution in [3.8, 4) is 0 Å². The van der Waals surface area contributed by atoms with Gasteiger partial charge in [-0.05, 0) is 50.8 Å². The van der Waals surface area contributed by atoms with E-state index in [1.807, 2.05) is 13.0 Å². The van der Waals surface area contributed by atoms with Crippen LogP contribution >= 0.6 is 0 Å². The molecule has 1 atom stereocenters. The van der Waals surface area contributed by atoms with Crippen LogP contribution in [-0.4, -0.2) is 47.1 Å². The van der Waals surface area contributed by atoms with E-state index in [0.29, 0.717) is 36.1 Å². The van der Waals surface area contributed by atoms with Crippen molar-refractivity contribution in [2.75, 3.05) is 26.2 Å². The van der Waals surface area contributed by atoms with Crippen molar-refractivity contribution < 1.29 is 13.7 Å². The standard InChI is InChI=1S/C20H26N4O4/c1-12-10-16(15-4-3-7-21-11-15)27-20(26)17(12)19(25)24-8-5-14(6-9-24)18-22-13(2)28-23-18/h10,14-15,21H,3-9,11H2,1-2H3. The highest BCUT2D eigenvalue weighted by Gasteiger charge is 2.30. The Hall–Kier alpha value is -2.48. The van der Waals surface area contributed by atoms with Crippen molar-refractivity contribution in [3.63, 3.8) is 0 Å². The molecule has 8 heteroatoms. The number of nitrogens with zero attached hydrogens (tertiary/aromatic N) is 3. The van der Waals surface area contributed by atoms with Crippen LogP contribution in [0.5, 0.6) is 0 Å². The van der Waals surface area contributed by atoms with Crippen LogP contribution in [0.1, 0.15) is 70.9 Å². The highest BCUT2D eigenvalue weighted by atomic mass is 16.5. The fourth-order valence-electron chi connectivity index (χ4n) is 4.17. The minimum Gasteiger partial charge on any atom is -0.427 e. The highest BCUT2D eigenvalue weighted by Crippen LogP contribution is 2.28. The first-order valence-electron chi connectivity index (χ1n) is 9.97. The molecule has 0 radical (unpaired) electrons. The summed E-state index contributed by atoms with van der Waals surface area (Å²) in [6.45, 7) is 6.51. The van der Waals surface area contributed by atoms with Gasteiger partial charge in [-0.15, -0.1) is 0 Å². The molecule has 2 aromatic heterocycles. The van der Waals surface area contributed by atoms with Crippen LogP contribution in [0, 0.1) is 13.8 Å². The largest absolute Gasteiger partial charge is 0.427 e. The zero-order chi connectivity index (χ0) is 19.7. The molecule has 2 fully saturated rings. The van der Waals surface area contributed by atoms with Crippen molar-refractivity contribution in [1.82, 2.24) is 20.4 Å².